The van der Waals surface area contributed by atoms with E-state index in [1.165, 1.54) is 0 Å². The third kappa shape index (κ3) is 2.38. The first-order valence-electron chi connectivity index (χ1n) is 9.54. The Morgan fingerprint density at radius 3 is 2.21 bits per heavy atom. The molecule has 0 aromatic heterocycles. The van der Waals surface area contributed by atoms with E-state index in [9.17, 15) is 9.59 Å². The Morgan fingerprint density at radius 2 is 1.46 bits per heavy atom. The third-order valence-corrected chi connectivity index (χ3v) is 5.86. The molecule has 0 radical (unpaired) electrons. The molecular weight excluding hydrogens is 348 g/mol. The molecule has 5 rings (SSSR count). The highest BCUT2D eigenvalue weighted by molar-refractivity contribution is 6.13. The summed E-state index contributed by atoms with van der Waals surface area (Å²) in [7, 11) is 0. The molecule has 0 aliphatic carbocycles. The van der Waals surface area contributed by atoms with E-state index in [2.05, 4.69) is 0 Å². The molecule has 138 valence electrons. The van der Waals surface area contributed by atoms with Crippen molar-refractivity contribution in [2.75, 3.05) is 18.0 Å². The number of para-hydroxylation sites is 2. The average molecular weight is 368 g/mol. The molecule has 2 heterocycles. The molecule has 0 saturated carbocycles. The summed E-state index contributed by atoms with van der Waals surface area (Å²) in [6.45, 7) is 0.996. The number of amides is 2. The highest BCUT2D eigenvalue weighted by atomic mass is 16.2. The summed E-state index contributed by atoms with van der Waals surface area (Å²) in [5.41, 5.74) is 2.81. The number of benzene rings is 3. The molecule has 2 amide bonds. The van der Waals surface area contributed by atoms with Gasteiger partial charge in [-0.15, -0.1) is 0 Å². The van der Waals surface area contributed by atoms with Gasteiger partial charge in [-0.2, -0.15) is 0 Å². The maximum atomic E-state index is 13.7. The van der Waals surface area contributed by atoms with Gasteiger partial charge in [-0.3, -0.25) is 14.5 Å². The molecule has 3 aromatic rings. The minimum atomic E-state index is -0.670. The van der Waals surface area contributed by atoms with Gasteiger partial charge in [-0.05, 0) is 42.3 Å². The quantitative estimate of drug-likeness (QED) is 0.682. The molecule has 0 bridgehead atoms. The van der Waals surface area contributed by atoms with Crippen LogP contribution in [0.4, 0.5) is 11.4 Å². The highest BCUT2D eigenvalue weighted by Crippen LogP contribution is 2.49. The van der Waals surface area contributed by atoms with E-state index in [-0.39, 0.29) is 11.8 Å². The topological polar surface area (TPSA) is 40.6 Å². The van der Waals surface area contributed by atoms with Crippen molar-refractivity contribution in [1.82, 2.24) is 4.90 Å². The standard InChI is InChI=1S/C24H20N2O2/c27-22(18-9-3-1-4-10-18)25-16-15-24(17-25)20-13-7-8-14-21(20)26(23(24)28)19-11-5-2-6-12-19/h1-14H,15-17H2. The Labute approximate surface area is 164 Å². The van der Waals surface area contributed by atoms with Crippen LogP contribution in [0.1, 0.15) is 22.3 Å². The Bertz CT molecular complexity index is 1050. The Hall–Kier alpha value is -3.40. The van der Waals surface area contributed by atoms with Gasteiger partial charge in [-0.25, -0.2) is 0 Å². The largest absolute Gasteiger partial charge is 0.337 e. The molecule has 1 spiro atoms. The van der Waals surface area contributed by atoms with Crippen LogP contribution in [0.3, 0.4) is 0 Å². The second-order valence-corrected chi connectivity index (χ2v) is 7.42. The molecular formula is C24H20N2O2. The van der Waals surface area contributed by atoms with Gasteiger partial charge in [0.05, 0.1) is 11.1 Å². The summed E-state index contributed by atoms with van der Waals surface area (Å²) in [5.74, 6) is 0.0455. The monoisotopic (exact) mass is 368 g/mol. The maximum Gasteiger partial charge on any atom is 0.253 e. The van der Waals surface area contributed by atoms with Crippen molar-refractivity contribution in [2.24, 2.45) is 0 Å². The number of anilines is 2. The van der Waals surface area contributed by atoms with E-state index in [1.54, 1.807) is 0 Å². The summed E-state index contributed by atoms with van der Waals surface area (Å²) < 4.78 is 0. The van der Waals surface area contributed by atoms with E-state index in [4.69, 9.17) is 0 Å². The number of nitrogens with zero attached hydrogens (tertiary/aromatic N) is 2. The molecule has 2 aliphatic heterocycles. The van der Waals surface area contributed by atoms with Crippen LogP contribution in [-0.4, -0.2) is 29.8 Å². The first kappa shape index (κ1) is 16.8. The fourth-order valence-electron chi connectivity index (χ4n) is 4.49. The van der Waals surface area contributed by atoms with Crippen molar-refractivity contribution < 1.29 is 9.59 Å². The lowest BCUT2D eigenvalue weighted by Crippen LogP contribution is -2.41. The van der Waals surface area contributed by atoms with Gasteiger partial charge in [-0.1, -0.05) is 54.6 Å². The number of carbonyl (C=O) groups excluding carboxylic acids is 2. The van der Waals surface area contributed by atoms with Gasteiger partial charge in [0, 0.05) is 24.3 Å². The zero-order chi connectivity index (χ0) is 19.1. The molecule has 1 saturated heterocycles. The van der Waals surface area contributed by atoms with Crippen molar-refractivity contribution in [1.29, 1.82) is 0 Å². The minimum Gasteiger partial charge on any atom is -0.337 e. The van der Waals surface area contributed by atoms with Crippen molar-refractivity contribution in [3.63, 3.8) is 0 Å². The fraction of sp³-hybridized carbons (Fsp3) is 0.167. The number of hydrogen-bond acceptors (Lipinski definition) is 2. The van der Waals surface area contributed by atoms with Crippen LogP contribution in [-0.2, 0) is 10.2 Å². The third-order valence-electron chi connectivity index (χ3n) is 5.86. The van der Waals surface area contributed by atoms with E-state index < -0.39 is 5.41 Å². The van der Waals surface area contributed by atoms with Crippen LogP contribution < -0.4 is 4.90 Å². The SMILES string of the molecule is O=C(c1ccccc1)N1CCC2(C1)C(=O)N(c1ccccc1)c1ccccc12. The minimum absolute atomic E-state index is 0.0130. The summed E-state index contributed by atoms with van der Waals surface area (Å²) in [4.78, 5) is 30.3. The van der Waals surface area contributed by atoms with E-state index in [1.807, 2.05) is 94.7 Å². The normalized spacial score (nSPS) is 20.6. The summed E-state index contributed by atoms with van der Waals surface area (Å²) >= 11 is 0. The van der Waals surface area contributed by atoms with Gasteiger partial charge < -0.3 is 4.90 Å². The van der Waals surface area contributed by atoms with Crippen LogP contribution in [0.15, 0.2) is 84.9 Å². The van der Waals surface area contributed by atoms with E-state index >= 15 is 0 Å². The fourth-order valence-corrected chi connectivity index (χ4v) is 4.49. The number of rotatable bonds is 2. The zero-order valence-electron chi connectivity index (χ0n) is 15.4. The van der Waals surface area contributed by atoms with Crippen LogP contribution in [0, 0.1) is 0 Å². The van der Waals surface area contributed by atoms with Crippen molar-refractivity contribution >= 4 is 23.2 Å². The zero-order valence-corrected chi connectivity index (χ0v) is 15.4. The summed E-state index contributed by atoms with van der Waals surface area (Å²) in [5, 5.41) is 0. The average Bonchev–Trinajstić information content (AvgIpc) is 3.30. The number of hydrogen-bond donors (Lipinski definition) is 0. The number of carbonyl (C=O) groups is 2. The lowest BCUT2D eigenvalue weighted by molar-refractivity contribution is -0.122. The van der Waals surface area contributed by atoms with Crippen molar-refractivity contribution in [2.45, 2.75) is 11.8 Å². The Kier molecular flexibility index (Phi) is 3.79. The first-order chi connectivity index (χ1) is 13.7. The predicted molar refractivity (Wildman–Crippen MR) is 109 cm³/mol. The second-order valence-electron chi connectivity index (χ2n) is 7.42. The molecule has 4 heteroatoms. The van der Waals surface area contributed by atoms with Gasteiger partial charge >= 0.3 is 0 Å². The Morgan fingerprint density at radius 1 is 0.821 bits per heavy atom. The molecule has 4 nitrogen and oxygen atoms in total. The van der Waals surface area contributed by atoms with Crippen molar-refractivity contribution in [3.8, 4) is 0 Å². The van der Waals surface area contributed by atoms with E-state index in [0.717, 1.165) is 16.9 Å². The van der Waals surface area contributed by atoms with Gasteiger partial charge in [0.15, 0.2) is 0 Å². The lowest BCUT2D eigenvalue weighted by Gasteiger charge is -2.24. The molecule has 1 unspecified atom stereocenters. The van der Waals surface area contributed by atoms with Crippen LogP contribution in [0.25, 0.3) is 0 Å². The summed E-state index contributed by atoms with van der Waals surface area (Å²) in [6, 6.07) is 27.0. The predicted octanol–water partition coefficient (Wildman–Crippen LogP) is 4.15. The molecule has 1 atom stereocenters. The molecule has 2 aliphatic rings. The van der Waals surface area contributed by atoms with E-state index in [0.29, 0.717) is 25.1 Å². The first-order valence-corrected chi connectivity index (χ1v) is 9.54. The number of likely N-dealkylation sites (tertiary alicyclic amines) is 1. The molecule has 3 aromatic carbocycles. The van der Waals surface area contributed by atoms with Gasteiger partial charge in [0.25, 0.3) is 5.91 Å². The molecule has 28 heavy (non-hydrogen) atoms. The van der Waals surface area contributed by atoms with Crippen molar-refractivity contribution in [3.05, 3.63) is 96.1 Å². The highest BCUT2D eigenvalue weighted by Gasteiger charge is 2.55. The maximum absolute atomic E-state index is 13.7. The van der Waals surface area contributed by atoms with Gasteiger partial charge in [0.1, 0.15) is 0 Å². The molecule has 0 N–H and O–H groups in total. The van der Waals surface area contributed by atoms with Crippen LogP contribution in [0.5, 0.6) is 0 Å². The summed E-state index contributed by atoms with van der Waals surface area (Å²) in [6.07, 6.45) is 0.644. The number of fused-ring (bicyclic) bond motifs is 2. The van der Waals surface area contributed by atoms with Gasteiger partial charge in [0.2, 0.25) is 5.91 Å². The van der Waals surface area contributed by atoms with Crippen LogP contribution >= 0.6 is 0 Å². The lowest BCUT2D eigenvalue weighted by atomic mass is 9.81. The smallest absolute Gasteiger partial charge is 0.253 e. The molecule has 1 fully saturated rings. The van der Waals surface area contributed by atoms with Crippen LogP contribution in [0.2, 0.25) is 0 Å². The Balaban J connectivity index is 1.54. The second kappa shape index (κ2) is 6.34.